The number of esters is 1. The van der Waals surface area contributed by atoms with E-state index >= 15 is 0 Å². The molecule has 0 fully saturated rings. The third-order valence-corrected chi connectivity index (χ3v) is 5.41. The lowest BCUT2D eigenvalue weighted by molar-refractivity contribution is 0.0441. The van der Waals surface area contributed by atoms with E-state index < -0.39 is 18.4 Å². The molecule has 4 rings (SSSR count). The van der Waals surface area contributed by atoms with Crippen LogP contribution in [0.4, 0.5) is 0 Å². The molecular weight excluding hydrogens is 422 g/mol. The molecular formula is C26H23NO6. The van der Waals surface area contributed by atoms with Crippen molar-refractivity contribution in [2.75, 3.05) is 6.61 Å². The molecule has 4 aromatic rings. The molecule has 0 saturated heterocycles. The zero-order valence-corrected chi connectivity index (χ0v) is 18.6. The van der Waals surface area contributed by atoms with E-state index in [4.69, 9.17) is 13.9 Å². The minimum atomic E-state index is -0.765. The molecule has 33 heavy (non-hydrogen) atoms. The predicted molar refractivity (Wildman–Crippen MR) is 122 cm³/mol. The predicted octanol–water partition coefficient (Wildman–Crippen LogP) is 5.20. The number of ether oxygens (including phenoxy) is 2. The summed E-state index contributed by atoms with van der Waals surface area (Å²) in [6, 6.07) is 16.4. The Bertz CT molecular complexity index is 1350. The number of aromatic amines is 1. The van der Waals surface area contributed by atoms with Crippen molar-refractivity contribution in [3.8, 4) is 5.75 Å². The van der Waals surface area contributed by atoms with Gasteiger partial charge in [-0.2, -0.15) is 0 Å². The molecule has 0 radical (unpaired) electrons. The Labute approximate surface area is 190 Å². The molecule has 2 aromatic carbocycles. The van der Waals surface area contributed by atoms with Gasteiger partial charge in [0.1, 0.15) is 17.9 Å². The van der Waals surface area contributed by atoms with E-state index in [1.807, 2.05) is 42.5 Å². The number of rotatable bonds is 8. The fourth-order valence-corrected chi connectivity index (χ4v) is 3.90. The summed E-state index contributed by atoms with van der Waals surface area (Å²) in [5.74, 6) is -0.698. The van der Waals surface area contributed by atoms with Gasteiger partial charge in [-0.25, -0.2) is 4.79 Å². The first-order chi connectivity index (χ1) is 15.9. The monoisotopic (exact) mass is 445 g/mol. The van der Waals surface area contributed by atoms with Gasteiger partial charge in [0, 0.05) is 16.6 Å². The molecule has 2 aromatic heterocycles. The largest absolute Gasteiger partial charge is 0.489 e. The van der Waals surface area contributed by atoms with Gasteiger partial charge in [0.05, 0.1) is 11.3 Å². The van der Waals surface area contributed by atoms with Crippen LogP contribution in [0, 0.1) is 13.8 Å². The van der Waals surface area contributed by atoms with Crippen molar-refractivity contribution in [1.82, 2.24) is 4.98 Å². The second kappa shape index (κ2) is 9.16. The molecule has 0 spiro atoms. The summed E-state index contributed by atoms with van der Waals surface area (Å²) in [4.78, 5) is 40.3. The first-order valence-electron chi connectivity index (χ1n) is 10.5. The summed E-state index contributed by atoms with van der Waals surface area (Å²) >= 11 is 0. The zero-order chi connectivity index (χ0) is 23.5. The van der Waals surface area contributed by atoms with Gasteiger partial charge in [0.15, 0.2) is 12.4 Å². The number of H-pyrrole nitrogens is 1. The summed E-state index contributed by atoms with van der Waals surface area (Å²) in [6.45, 7) is 4.45. The highest BCUT2D eigenvalue weighted by Gasteiger charge is 2.25. The maximum absolute atomic E-state index is 12.9. The number of Topliss-reactive ketones (excluding diaryl/α,β-unsaturated/α-hetero) is 2. The fraction of sp³-hybridized carbons (Fsp3) is 0.192. The second-order valence-corrected chi connectivity index (χ2v) is 7.69. The van der Waals surface area contributed by atoms with Gasteiger partial charge >= 0.3 is 5.97 Å². The van der Waals surface area contributed by atoms with Crippen molar-refractivity contribution in [2.24, 2.45) is 0 Å². The van der Waals surface area contributed by atoms with Gasteiger partial charge in [0.25, 0.3) is 0 Å². The van der Waals surface area contributed by atoms with Crippen molar-refractivity contribution in [3.63, 3.8) is 0 Å². The van der Waals surface area contributed by atoms with E-state index in [0.29, 0.717) is 33.7 Å². The van der Waals surface area contributed by atoms with E-state index in [-0.39, 0.29) is 23.8 Å². The van der Waals surface area contributed by atoms with Crippen LogP contribution in [0.1, 0.15) is 55.1 Å². The van der Waals surface area contributed by atoms with Crippen LogP contribution in [0.25, 0.3) is 11.0 Å². The van der Waals surface area contributed by atoms with Gasteiger partial charge in [0.2, 0.25) is 11.5 Å². The van der Waals surface area contributed by atoms with Crippen molar-refractivity contribution < 1.29 is 28.3 Å². The smallest absolute Gasteiger partial charge is 0.375 e. The van der Waals surface area contributed by atoms with Gasteiger partial charge in [-0.1, -0.05) is 36.4 Å². The Morgan fingerprint density at radius 2 is 1.67 bits per heavy atom. The summed E-state index contributed by atoms with van der Waals surface area (Å²) in [5, 5.41) is 0.730. The van der Waals surface area contributed by atoms with E-state index in [1.165, 1.54) is 6.92 Å². The van der Waals surface area contributed by atoms with Crippen molar-refractivity contribution in [1.29, 1.82) is 0 Å². The van der Waals surface area contributed by atoms with Crippen LogP contribution in [0.5, 0.6) is 5.75 Å². The first-order valence-corrected chi connectivity index (χ1v) is 10.5. The molecule has 2 heterocycles. The number of hydrogen-bond donors (Lipinski definition) is 1. The number of hydrogen-bond acceptors (Lipinski definition) is 6. The lowest BCUT2D eigenvalue weighted by Crippen LogP contribution is -2.16. The van der Waals surface area contributed by atoms with Gasteiger partial charge in [-0.05, 0) is 44.5 Å². The third-order valence-electron chi connectivity index (χ3n) is 5.41. The van der Waals surface area contributed by atoms with E-state index in [0.717, 1.165) is 5.39 Å². The Kier molecular flexibility index (Phi) is 6.13. The SMILES string of the molecule is CC(=O)c1c(C)[nH]c(C(=O)COC(=O)c2oc3ccccc3c2COc2ccccc2)c1C. The third kappa shape index (κ3) is 4.43. The van der Waals surface area contributed by atoms with Crippen LogP contribution < -0.4 is 4.74 Å². The first kappa shape index (κ1) is 22.1. The van der Waals surface area contributed by atoms with Crippen LogP contribution in [0.15, 0.2) is 59.0 Å². The van der Waals surface area contributed by atoms with E-state index in [9.17, 15) is 14.4 Å². The van der Waals surface area contributed by atoms with E-state index in [2.05, 4.69) is 4.98 Å². The van der Waals surface area contributed by atoms with Gasteiger partial charge in [-0.3, -0.25) is 9.59 Å². The molecule has 7 heteroatoms. The highest BCUT2D eigenvalue weighted by Crippen LogP contribution is 2.28. The molecule has 0 aliphatic carbocycles. The maximum Gasteiger partial charge on any atom is 0.375 e. The Hall–Kier alpha value is -4.13. The van der Waals surface area contributed by atoms with Crippen molar-refractivity contribution in [2.45, 2.75) is 27.4 Å². The molecule has 7 nitrogen and oxygen atoms in total. The fourth-order valence-electron chi connectivity index (χ4n) is 3.90. The molecule has 0 atom stereocenters. The van der Waals surface area contributed by atoms with Crippen LogP contribution in [-0.4, -0.2) is 29.1 Å². The van der Waals surface area contributed by atoms with E-state index in [1.54, 1.807) is 26.0 Å². The molecule has 1 N–H and O–H groups in total. The van der Waals surface area contributed by atoms with Crippen LogP contribution >= 0.6 is 0 Å². The molecule has 0 aliphatic rings. The standard InChI is InChI=1S/C26H23NO6/c1-15-23(17(3)28)16(2)27-24(15)21(29)14-32-26(30)25-20(13-31-18-9-5-4-6-10-18)19-11-7-8-12-22(19)33-25/h4-12,27H,13-14H2,1-3H3. The number of para-hydroxylation sites is 2. The summed E-state index contributed by atoms with van der Waals surface area (Å²) in [5.41, 5.74) is 2.93. The lowest BCUT2D eigenvalue weighted by atomic mass is 10.1. The number of aromatic nitrogens is 1. The van der Waals surface area contributed by atoms with Crippen LogP contribution in [0.2, 0.25) is 0 Å². The van der Waals surface area contributed by atoms with Crippen LogP contribution in [0.3, 0.4) is 0 Å². The number of nitrogens with one attached hydrogen (secondary N) is 1. The second-order valence-electron chi connectivity index (χ2n) is 7.69. The average molecular weight is 445 g/mol. The molecule has 0 unspecified atom stereocenters. The number of carbonyl (C=O) groups is 3. The lowest BCUT2D eigenvalue weighted by Gasteiger charge is -2.07. The number of ketones is 2. The van der Waals surface area contributed by atoms with Crippen LogP contribution in [-0.2, 0) is 11.3 Å². The molecule has 0 aliphatic heterocycles. The zero-order valence-electron chi connectivity index (χ0n) is 18.6. The Morgan fingerprint density at radius 1 is 0.970 bits per heavy atom. The Balaban J connectivity index is 1.54. The maximum atomic E-state index is 12.9. The highest BCUT2D eigenvalue weighted by atomic mass is 16.5. The molecule has 168 valence electrons. The minimum Gasteiger partial charge on any atom is -0.489 e. The van der Waals surface area contributed by atoms with Gasteiger partial charge < -0.3 is 18.9 Å². The highest BCUT2D eigenvalue weighted by molar-refractivity contribution is 6.04. The number of fused-ring (bicyclic) bond motifs is 1. The number of aryl methyl sites for hydroxylation is 1. The van der Waals surface area contributed by atoms with Gasteiger partial charge in [-0.15, -0.1) is 0 Å². The average Bonchev–Trinajstić information content (AvgIpc) is 3.33. The quantitative estimate of drug-likeness (QED) is 0.296. The molecule has 0 saturated carbocycles. The van der Waals surface area contributed by atoms with Crippen molar-refractivity contribution in [3.05, 3.63) is 88.4 Å². The van der Waals surface area contributed by atoms with Crippen molar-refractivity contribution >= 4 is 28.5 Å². The normalized spacial score (nSPS) is 10.9. The number of furan rings is 1. The summed E-state index contributed by atoms with van der Waals surface area (Å²) in [7, 11) is 0. The Morgan fingerprint density at radius 3 is 2.36 bits per heavy atom. The summed E-state index contributed by atoms with van der Waals surface area (Å²) in [6.07, 6.45) is 0. The minimum absolute atomic E-state index is 0.0104. The molecule has 0 bridgehead atoms. The molecule has 0 amide bonds. The number of benzene rings is 2. The topological polar surface area (TPSA) is 98.6 Å². The number of carbonyl (C=O) groups excluding carboxylic acids is 3. The summed E-state index contributed by atoms with van der Waals surface area (Å²) < 4.78 is 16.9.